The molecule has 0 saturated carbocycles. The van der Waals surface area contributed by atoms with Gasteiger partial charge in [0.25, 0.3) is 0 Å². The minimum atomic E-state index is -0.0270. The zero-order valence-corrected chi connectivity index (χ0v) is 16.9. The predicted molar refractivity (Wildman–Crippen MR) is 107 cm³/mol. The van der Waals surface area contributed by atoms with Crippen molar-refractivity contribution in [3.8, 4) is 0 Å². The van der Waals surface area contributed by atoms with Gasteiger partial charge in [-0.2, -0.15) is 0 Å². The van der Waals surface area contributed by atoms with Gasteiger partial charge in [-0.15, -0.1) is 11.3 Å². The number of hydrogen-bond acceptors (Lipinski definition) is 4. The molecule has 0 radical (unpaired) electrons. The summed E-state index contributed by atoms with van der Waals surface area (Å²) in [5.74, 6) is 0.585. The van der Waals surface area contributed by atoms with Gasteiger partial charge in [0.15, 0.2) is 5.78 Å². The van der Waals surface area contributed by atoms with Crippen molar-refractivity contribution in [1.29, 1.82) is 0 Å². The number of thiazole rings is 1. The van der Waals surface area contributed by atoms with Crippen LogP contribution in [0.3, 0.4) is 0 Å². The highest BCUT2D eigenvalue weighted by Crippen LogP contribution is 2.14. The van der Waals surface area contributed by atoms with E-state index in [-0.39, 0.29) is 24.5 Å². The van der Waals surface area contributed by atoms with E-state index in [1.165, 1.54) is 5.56 Å². The standard InChI is InChI=1S/C21H28N2O2S/c1-5-20-22-18(14-26-20)13-23(4)21(25)11-10-19(24)17-8-6-16(7-9-17)12-15(2)3/h6-9,14-15H,5,10-13H2,1-4H3. The molecule has 2 aromatic rings. The van der Waals surface area contributed by atoms with Crippen LogP contribution in [-0.2, 0) is 24.2 Å². The SMILES string of the molecule is CCc1nc(CN(C)C(=O)CCC(=O)c2ccc(CC(C)C)cc2)cs1. The fraction of sp³-hybridized carbons (Fsp3) is 0.476. The van der Waals surface area contributed by atoms with Crippen molar-refractivity contribution < 1.29 is 9.59 Å². The maximum absolute atomic E-state index is 12.3. The summed E-state index contributed by atoms with van der Waals surface area (Å²) < 4.78 is 0. The lowest BCUT2D eigenvalue weighted by atomic mass is 9.99. The second kappa shape index (κ2) is 9.62. The van der Waals surface area contributed by atoms with Gasteiger partial charge in [0.1, 0.15) is 0 Å². The normalized spacial score (nSPS) is 11.0. The van der Waals surface area contributed by atoms with Gasteiger partial charge in [0, 0.05) is 30.8 Å². The third-order valence-electron chi connectivity index (χ3n) is 4.21. The molecule has 0 bridgehead atoms. The first-order valence-electron chi connectivity index (χ1n) is 9.18. The minimum Gasteiger partial charge on any atom is -0.340 e. The van der Waals surface area contributed by atoms with Gasteiger partial charge < -0.3 is 4.90 Å². The van der Waals surface area contributed by atoms with Crippen molar-refractivity contribution in [2.45, 2.75) is 53.0 Å². The number of hydrogen-bond donors (Lipinski definition) is 0. The summed E-state index contributed by atoms with van der Waals surface area (Å²) in [6.45, 7) is 6.91. The molecule has 1 heterocycles. The zero-order valence-electron chi connectivity index (χ0n) is 16.1. The molecule has 0 unspecified atom stereocenters. The Labute approximate surface area is 160 Å². The van der Waals surface area contributed by atoms with Gasteiger partial charge in [-0.3, -0.25) is 9.59 Å². The Hall–Kier alpha value is -2.01. The van der Waals surface area contributed by atoms with E-state index in [4.69, 9.17) is 0 Å². The van der Waals surface area contributed by atoms with Crippen LogP contribution in [0.4, 0.5) is 0 Å². The van der Waals surface area contributed by atoms with Gasteiger partial charge in [-0.25, -0.2) is 4.98 Å². The van der Waals surface area contributed by atoms with Crippen molar-refractivity contribution in [3.63, 3.8) is 0 Å². The lowest BCUT2D eigenvalue weighted by Crippen LogP contribution is -2.26. The molecule has 140 valence electrons. The molecule has 2 rings (SSSR count). The molecular weight excluding hydrogens is 344 g/mol. The van der Waals surface area contributed by atoms with Crippen LogP contribution in [-0.4, -0.2) is 28.6 Å². The molecule has 0 aliphatic carbocycles. The topological polar surface area (TPSA) is 50.3 Å². The van der Waals surface area contributed by atoms with E-state index < -0.39 is 0 Å². The van der Waals surface area contributed by atoms with Crippen LogP contribution in [0, 0.1) is 5.92 Å². The molecule has 0 aliphatic rings. The minimum absolute atomic E-state index is 0.0183. The number of Topliss-reactive ketones (excluding diaryl/α,β-unsaturated/α-hetero) is 1. The monoisotopic (exact) mass is 372 g/mol. The maximum Gasteiger partial charge on any atom is 0.223 e. The van der Waals surface area contributed by atoms with Crippen LogP contribution < -0.4 is 0 Å². The molecule has 0 saturated heterocycles. The third-order valence-corrected chi connectivity index (χ3v) is 5.25. The summed E-state index contributed by atoms with van der Waals surface area (Å²) in [6, 6.07) is 7.76. The van der Waals surface area contributed by atoms with E-state index in [2.05, 4.69) is 25.8 Å². The smallest absolute Gasteiger partial charge is 0.223 e. The van der Waals surface area contributed by atoms with E-state index in [1.54, 1.807) is 23.3 Å². The summed E-state index contributed by atoms with van der Waals surface area (Å²) >= 11 is 1.62. The lowest BCUT2D eigenvalue weighted by Gasteiger charge is -2.15. The van der Waals surface area contributed by atoms with Crippen molar-refractivity contribution in [2.24, 2.45) is 5.92 Å². The van der Waals surface area contributed by atoms with Crippen LogP contribution in [0.15, 0.2) is 29.6 Å². The molecule has 1 aromatic heterocycles. The number of benzene rings is 1. The Morgan fingerprint density at radius 1 is 1.15 bits per heavy atom. The average molecular weight is 373 g/mol. The fourth-order valence-corrected chi connectivity index (χ4v) is 3.50. The van der Waals surface area contributed by atoms with Gasteiger partial charge in [0.2, 0.25) is 5.91 Å². The van der Waals surface area contributed by atoms with Crippen LogP contribution in [0.25, 0.3) is 0 Å². The quantitative estimate of drug-likeness (QED) is 0.608. The van der Waals surface area contributed by atoms with E-state index in [9.17, 15) is 9.59 Å². The number of carbonyl (C=O) groups is 2. The number of aromatic nitrogens is 1. The van der Waals surface area contributed by atoms with E-state index in [0.29, 0.717) is 18.0 Å². The Morgan fingerprint density at radius 3 is 2.42 bits per heavy atom. The molecule has 1 amide bonds. The van der Waals surface area contributed by atoms with Crippen molar-refractivity contribution >= 4 is 23.0 Å². The number of aryl methyl sites for hydroxylation is 1. The van der Waals surface area contributed by atoms with Gasteiger partial charge >= 0.3 is 0 Å². The molecule has 1 aromatic carbocycles. The second-order valence-electron chi connectivity index (χ2n) is 7.05. The highest BCUT2D eigenvalue weighted by molar-refractivity contribution is 7.09. The van der Waals surface area contributed by atoms with E-state index in [1.807, 2.05) is 29.6 Å². The van der Waals surface area contributed by atoms with Crippen LogP contribution >= 0.6 is 11.3 Å². The largest absolute Gasteiger partial charge is 0.340 e. The Balaban J connectivity index is 1.82. The summed E-state index contributed by atoms with van der Waals surface area (Å²) in [4.78, 5) is 30.7. The highest BCUT2D eigenvalue weighted by atomic mass is 32.1. The average Bonchev–Trinajstić information content (AvgIpc) is 3.07. The predicted octanol–water partition coefficient (Wildman–Crippen LogP) is 4.53. The first-order valence-corrected chi connectivity index (χ1v) is 10.1. The van der Waals surface area contributed by atoms with Crippen molar-refractivity contribution in [3.05, 3.63) is 51.5 Å². The highest BCUT2D eigenvalue weighted by Gasteiger charge is 2.14. The Morgan fingerprint density at radius 2 is 1.85 bits per heavy atom. The van der Waals surface area contributed by atoms with E-state index in [0.717, 1.165) is 23.5 Å². The summed E-state index contributed by atoms with van der Waals surface area (Å²) in [7, 11) is 1.76. The first kappa shape index (κ1) is 20.3. The third kappa shape index (κ3) is 6.06. The Kier molecular flexibility index (Phi) is 7.51. The van der Waals surface area contributed by atoms with Crippen molar-refractivity contribution in [2.75, 3.05) is 7.05 Å². The maximum atomic E-state index is 12.3. The number of carbonyl (C=O) groups excluding carboxylic acids is 2. The molecule has 26 heavy (non-hydrogen) atoms. The summed E-state index contributed by atoms with van der Waals surface area (Å²) in [5, 5.41) is 3.07. The molecule has 5 heteroatoms. The first-order chi connectivity index (χ1) is 12.4. The van der Waals surface area contributed by atoms with E-state index >= 15 is 0 Å². The number of ketones is 1. The van der Waals surface area contributed by atoms with Crippen LogP contribution in [0.1, 0.15) is 60.2 Å². The number of amides is 1. The fourth-order valence-electron chi connectivity index (χ4n) is 2.77. The molecule has 0 aliphatic heterocycles. The Bertz CT molecular complexity index is 735. The number of nitrogens with zero attached hydrogens (tertiary/aromatic N) is 2. The van der Waals surface area contributed by atoms with Crippen LogP contribution in [0.5, 0.6) is 0 Å². The molecule has 0 N–H and O–H groups in total. The van der Waals surface area contributed by atoms with Gasteiger partial charge in [0.05, 0.1) is 17.2 Å². The van der Waals surface area contributed by atoms with Crippen LogP contribution in [0.2, 0.25) is 0 Å². The molecule has 0 fully saturated rings. The zero-order chi connectivity index (χ0) is 19.1. The summed E-state index contributed by atoms with van der Waals surface area (Å²) in [5.41, 5.74) is 2.83. The second-order valence-corrected chi connectivity index (χ2v) is 8.00. The molecule has 0 spiro atoms. The molecule has 0 atom stereocenters. The molecule has 4 nitrogen and oxygen atoms in total. The van der Waals surface area contributed by atoms with Crippen molar-refractivity contribution in [1.82, 2.24) is 9.88 Å². The van der Waals surface area contributed by atoms with Gasteiger partial charge in [-0.1, -0.05) is 45.0 Å². The number of rotatable bonds is 9. The van der Waals surface area contributed by atoms with Gasteiger partial charge in [-0.05, 0) is 24.3 Å². The lowest BCUT2D eigenvalue weighted by molar-refractivity contribution is -0.130. The molecular formula is C21H28N2O2S. The summed E-state index contributed by atoms with van der Waals surface area (Å²) in [6.07, 6.45) is 2.39.